The summed E-state index contributed by atoms with van der Waals surface area (Å²) >= 11 is 0. The van der Waals surface area contributed by atoms with Gasteiger partial charge in [-0.1, -0.05) is 42.5 Å². The number of carboxylic acid groups (broad SMARTS) is 1. The average molecular weight is 340 g/mol. The smallest absolute Gasteiger partial charge is 0.326 e. The van der Waals surface area contributed by atoms with Crippen molar-refractivity contribution in [3.05, 3.63) is 65.7 Å². The highest BCUT2D eigenvalue weighted by atomic mass is 16.4. The maximum absolute atomic E-state index is 12.2. The number of rotatable bonds is 8. The number of carboxylic acids is 1. The van der Waals surface area contributed by atoms with Crippen molar-refractivity contribution in [1.82, 2.24) is 5.32 Å². The Morgan fingerprint density at radius 2 is 1.72 bits per heavy atom. The molecule has 2 aromatic rings. The van der Waals surface area contributed by atoms with Gasteiger partial charge in [-0.15, -0.1) is 0 Å². The fourth-order valence-corrected chi connectivity index (χ4v) is 2.56. The van der Waals surface area contributed by atoms with Crippen molar-refractivity contribution >= 4 is 17.6 Å². The van der Waals surface area contributed by atoms with Gasteiger partial charge in [-0.3, -0.25) is 4.79 Å². The van der Waals surface area contributed by atoms with E-state index in [1.165, 1.54) is 0 Å². The minimum atomic E-state index is -1.02. The number of carbonyl (C=O) groups excluding carboxylic acids is 1. The normalized spacial score (nSPS) is 11.6. The van der Waals surface area contributed by atoms with Gasteiger partial charge in [0, 0.05) is 32.6 Å². The molecule has 0 saturated heterocycles. The second-order valence-corrected chi connectivity index (χ2v) is 6.21. The highest BCUT2D eigenvalue weighted by molar-refractivity contribution is 5.83. The molecule has 2 rings (SSSR count). The van der Waals surface area contributed by atoms with Gasteiger partial charge in [-0.25, -0.2) is 4.79 Å². The van der Waals surface area contributed by atoms with E-state index >= 15 is 0 Å². The zero-order chi connectivity index (χ0) is 18.2. The van der Waals surface area contributed by atoms with E-state index in [-0.39, 0.29) is 18.7 Å². The van der Waals surface area contributed by atoms with E-state index in [9.17, 15) is 14.7 Å². The molecule has 0 aliphatic carbocycles. The highest BCUT2D eigenvalue weighted by Crippen LogP contribution is 2.14. The monoisotopic (exact) mass is 340 g/mol. The summed E-state index contributed by atoms with van der Waals surface area (Å²) in [4.78, 5) is 25.6. The molecule has 132 valence electrons. The molecule has 0 fully saturated rings. The van der Waals surface area contributed by atoms with Crippen LogP contribution < -0.4 is 10.2 Å². The van der Waals surface area contributed by atoms with Crippen LogP contribution in [0.5, 0.6) is 0 Å². The van der Waals surface area contributed by atoms with E-state index in [4.69, 9.17) is 0 Å². The van der Waals surface area contributed by atoms with Crippen molar-refractivity contribution < 1.29 is 14.7 Å². The zero-order valence-electron chi connectivity index (χ0n) is 14.6. The molecule has 0 spiro atoms. The van der Waals surface area contributed by atoms with Gasteiger partial charge in [-0.2, -0.15) is 0 Å². The van der Waals surface area contributed by atoms with Crippen LogP contribution in [0.1, 0.15) is 17.5 Å². The lowest BCUT2D eigenvalue weighted by Crippen LogP contribution is -2.42. The molecule has 0 heterocycles. The highest BCUT2D eigenvalue weighted by Gasteiger charge is 2.20. The third-order valence-electron chi connectivity index (χ3n) is 3.98. The molecule has 1 atom stereocenters. The first-order valence-corrected chi connectivity index (χ1v) is 8.28. The first kappa shape index (κ1) is 18.5. The van der Waals surface area contributed by atoms with E-state index in [1.54, 1.807) is 0 Å². The van der Waals surface area contributed by atoms with Crippen LogP contribution in [0.3, 0.4) is 0 Å². The SMILES string of the molecule is CN(C)c1cccc(CCC(=O)N[C@H](Cc2ccccc2)C(=O)O)c1. The van der Waals surface area contributed by atoms with Crippen LogP contribution in [0.25, 0.3) is 0 Å². The second-order valence-electron chi connectivity index (χ2n) is 6.21. The summed E-state index contributed by atoms with van der Waals surface area (Å²) < 4.78 is 0. The molecular weight excluding hydrogens is 316 g/mol. The molecule has 5 nitrogen and oxygen atoms in total. The van der Waals surface area contributed by atoms with Crippen LogP contribution in [0, 0.1) is 0 Å². The van der Waals surface area contributed by atoms with Crippen LogP contribution in [-0.2, 0) is 22.4 Å². The topological polar surface area (TPSA) is 69.6 Å². The van der Waals surface area contributed by atoms with Gasteiger partial charge in [0.25, 0.3) is 0 Å². The number of hydrogen-bond donors (Lipinski definition) is 2. The summed E-state index contributed by atoms with van der Waals surface area (Å²) in [5.41, 5.74) is 3.01. The largest absolute Gasteiger partial charge is 0.480 e. The summed E-state index contributed by atoms with van der Waals surface area (Å²) in [5, 5.41) is 12.0. The van der Waals surface area contributed by atoms with Crippen LogP contribution >= 0.6 is 0 Å². The molecule has 0 radical (unpaired) electrons. The van der Waals surface area contributed by atoms with Crippen molar-refractivity contribution in [2.24, 2.45) is 0 Å². The summed E-state index contributed by atoms with van der Waals surface area (Å²) in [7, 11) is 3.93. The van der Waals surface area contributed by atoms with E-state index < -0.39 is 12.0 Å². The molecule has 0 bridgehead atoms. The number of benzene rings is 2. The minimum absolute atomic E-state index is 0.251. The van der Waals surface area contributed by atoms with E-state index in [0.717, 1.165) is 16.8 Å². The van der Waals surface area contributed by atoms with Crippen LogP contribution in [0.15, 0.2) is 54.6 Å². The third-order valence-corrected chi connectivity index (χ3v) is 3.98. The lowest BCUT2D eigenvalue weighted by Gasteiger charge is -2.15. The molecule has 5 heteroatoms. The lowest BCUT2D eigenvalue weighted by molar-refractivity contribution is -0.141. The number of nitrogens with zero attached hydrogens (tertiary/aromatic N) is 1. The number of anilines is 1. The van der Waals surface area contributed by atoms with Gasteiger partial charge >= 0.3 is 5.97 Å². The Hall–Kier alpha value is -2.82. The Labute approximate surface area is 148 Å². The van der Waals surface area contributed by atoms with Gasteiger partial charge in [0.1, 0.15) is 6.04 Å². The summed E-state index contributed by atoms with van der Waals surface area (Å²) in [6.07, 6.45) is 1.11. The Balaban J connectivity index is 1.91. The molecular formula is C20H24N2O3. The number of hydrogen-bond acceptors (Lipinski definition) is 3. The van der Waals surface area contributed by atoms with Crippen LogP contribution in [-0.4, -0.2) is 37.1 Å². The molecule has 0 aliphatic heterocycles. The van der Waals surface area contributed by atoms with Gasteiger partial charge in [0.2, 0.25) is 5.91 Å². The van der Waals surface area contributed by atoms with Crippen molar-refractivity contribution in [3.8, 4) is 0 Å². The Morgan fingerprint density at radius 3 is 2.36 bits per heavy atom. The standard InChI is InChI=1S/C20H24N2O3/c1-22(2)17-10-6-9-16(13-17)11-12-19(23)21-18(20(24)25)14-15-7-4-3-5-8-15/h3-10,13,18H,11-12,14H2,1-2H3,(H,21,23)(H,24,25)/t18-/m1/s1. The number of carbonyl (C=O) groups is 2. The van der Waals surface area contributed by atoms with E-state index in [1.807, 2.05) is 73.6 Å². The third kappa shape index (κ3) is 5.95. The van der Waals surface area contributed by atoms with Gasteiger partial charge in [0.15, 0.2) is 0 Å². The maximum Gasteiger partial charge on any atom is 0.326 e. The second kappa shape index (κ2) is 8.87. The Bertz CT molecular complexity index is 714. The predicted molar refractivity (Wildman–Crippen MR) is 98.8 cm³/mol. The first-order valence-electron chi connectivity index (χ1n) is 8.28. The summed E-state index contributed by atoms with van der Waals surface area (Å²) in [6.45, 7) is 0. The molecule has 2 N–H and O–H groups in total. The molecule has 1 amide bonds. The summed E-state index contributed by atoms with van der Waals surface area (Å²) in [5.74, 6) is -1.27. The fraction of sp³-hybridized carbons (Fsp3) is 0.300. The van der Waals surface area contributed by atoms with Gasteiger partial charge in [-0.05, 0) is 29.7 Å². The molecule has 0 saturated carbocycles. The summed E-state index contributed by atoms with van der Waals surface area (Å²) in [6, 6.07) is 16.3. The van der Waals surface area contributed by atoms with Gasteiger partial charge < -0.3 is 15.3 Å². The molecule has 0 aromatic heterocycles. The first-order chi connectivity index (χ1) is 12.0. The lowest BCUT2D eigenvalue weighted by atomic mass is 10.0. The Kier molecular flexibility index (Phi) is 6.57. The number of amides is 1. The quantitative estimate of drug-likeness (QED) is 0.775. The van der Waals surface area contributed by atoms with Crippen molar-refractivity contribution in [3.63, 3.8) is 0 Å². The van der Waals surface area contributed by atoms with Gasteiger partial charge in [0.05, 0.1) is 0 Å². The average Bonchev–Trinajstić information content (AvgIpc) is 2.60. The van der Waals surface area contributed by atoms with E-state index in [0.29, 0.717) is 6.42 Å². The predicted octanol–water partition coefficient (Wildman–Crippen LogP) is 2.50. The van der Waals surface area contributed by atoms with Crippen LogP contribution in [0.2, 0.25) is 0 Å². The number of aliphatic carboxylic acids is 1. The van der Waals surface area contributed by atoms with Crippen molar-refractivity contribution in [2.75, 3.05) is 19.0 Å². The van der Waals surface area contributed by atoms with Crippen molar-refractivity contribution in [2.45, 2.75) is 25.3 Å². The molecule has 0 unspecified atom stereocenters. The van der Waals surface area contributed by atoms with E-state index in [2.05, 4.69) is 5.32 Å². The molecule has 0 aliphatic rings. The number of aryl methyl sites for hydroxylation is 1. The molecule has 2 aromatic carbocycles. The maximum atomic E-state index is 12.2. The van der Waals surface area contributed by atoms with Crippen LogP contribution in [0.4, 0.5) is 5.69 Å². The number of nitrogens with one attached hydrogen (secondary N) is 1. The fourth-order valence-electron chi connectivity index (χ4n) is 2.56. The Morgan fingerprint density at radius 1 is 1.04 bits per heavy atom. The zero-order valence-corrected chi connectivity index (χ0v) is 14.6. The minimum Gasteiger partial charge on any atom is -0.480 e. The molecule has 25 heavy (non-hydrogen) atoms. The van der Waals surface area contributed by atoms with Crippen molar-refractivity contribution in [1.29, 1.82) is 0 Å².